The Labute approximate surface area is 208 Å². The van der Waals surface area contributed by atoms with Gasteiger partial charge >= 0.3 is 29.6 Å². The number of carbonyl (C=O) groups is 1. The molecule has 2 N–H and O–H groups in total. The number of fused-ring (bicyclic) bond motifs is 1. The standard InChI is InChI=1S/C25H27FO5.Na/c1-14(2)21-13-31-23-9-7-19(16-4-8-22(26)15(3)10-16)20(25(21)23)6-5-17(27)11-18(28)12-24(29)30;/h4-10,13-14,17-18,27-28H,11-12H2,1-3H3,(H,29,30);/q;+1/p-1/b6-5+;/t17-,18-;/m1./s1. The number of halogens is 1. The van der Waals surface area contributed by atoms with E-state index in [4.69, 9.17) is 4.42 Å². The van der Waals surface area contributed by atoms with Crippen LogP contribution in [-0.4, -0.2) is 28.4 Å². The third-order valence-electron chi connectivity index (χ3n) is 5.30. The molecule has 0 unspecified atom stereocenters. The average molecular weight is 448 g/mol. The summed E-state index contributed by atoms with van der Waals surface area (Å²) >= 11 is 0. The van der Waals surface area contributed by atoms with Crippen molar-refractivity contribution >= 4 is 23.0 Å². The Morgan fingerprint density at radius 1 is 1.22 bits per heavy atom. The molecule has 2 atom stereocenters. The fourth-order valence-corrected chi connectivity index (χ4v) is 3.68. The molecular weight excluding hydrogens is 422 g/mol. The summed E-state index contributed by atoms with van der Waals surface area (Å²) in [6.07, 6.45) is 2.04. The molecule has 2 aromatic carbocycles. The molecule has 0 amide bonds. The maximum Gasteiger partial charge on any atom is 1.00 e. The van der Waals surface area contributed by atoms with Crippen molar-refractivity contribution in [2.24, 2.45) is 0 Å². The van der Waals surface area contributed by atoms with E-state index in [0.29, 0.717) is 11.1 Å². The molecule has 5 nitrogen and oxygen atoms in total. The Bertz CT molecular complexity index is 1120. The molecule has 0 radical (unpaired) electrons. The number of hydrogen-bond acceptors (Lipinski definition) is 5. The van der Waals surface area contributed by atoms with E-state index in [-0.39, 0.29) is 47.7 Å². The third kappa shape index (κ3) is 6.09. The van der Waals surface area contributed by atoms with Crippen molar-refractivity contribution in [3.05, 3.63) is 65.2 Å². The molecule has 0 aliphatic carbocycles. The number of rotatable bonds is 8. The van der Waals surface area contributed by atoms with Gasteiger partial charge in [0.25, 0.3) is 0 Å². The van der Waals surface area contributed by atoms with E-state index < -0.39 is 24.6 Å². The number of aryl methyl sites for hydroxylation is 1. The smallest absolute Gasteiger partial charge is 0.550 e. The summed E-state index contributed by atoms with van der Waals surface area (Å²) in [4.78, 5) is 10.6. The molecule has 0 bridgehead atoms. The van der Waals surface area contributed by atoms with E-state index >= 15 is 0 Å². The Kier molecular flexibility index (Phi) is 9.25. The van der Waals surface area contributed by atoms with E-state index in [1.54, 1.807) is 31.4 Å². The molecule has 1 aromatic heterocycles. The first kappa shape index (κ1) is 26.3. The number of aliphatic hydroxyl groups is 2. The van der Waals surface area contributed by atoms with Crippen LogP contribution in [0.3, 0.4) is 0 Å². The number of hydrogen-bond donors (Lipinski definition) is 2. The van der Waals surface area contributed by atoms with Crippen molar-refractivity contribution in [1.29, 1.82) is 0 Å². The van der Waals surface area contributed by atoms with E-state index in [0.717, 1.165) is 27.6 Å². The topological polar surface area (TPSA) is 93.7 Å². The van der Waals surface area contributed by atoms with Crippen LogP contribution in [0.15, 0.2) is 47.1 Å². The number of carboxylic acid groups (broad SMARTS) is 1. The van der Waals surface area contributed by atoms with Crippen LogP contribution in [0.4, 0.5) is 4.39 Å². The van der Waals surface area contributed by atoms with Gasteiger partial charge in [0.05, 0.1) is 18.5 Å². The fraction of sp³-hybridized carbons (Fsp3) is 0.320. The van der Waals surface area contributed by atoms with Crippen molar-refractivity contribution in [2.75, 3.05) is 0 Å². The predicted octanol–water partition coefficient (Wildman–Crippen LogP) is 0.940. The van der Waals surface area contributed by atoms with Crippen LogP contribution in [0, 0.1) is 12.7 Å². The minimum Gasteiger partial charge on any atom is -0.550 e. The van der Waals surface area contributed by atoms with E-state index in [9.17, 15) is 24.5 Å². The van der Waals surface area contributed by atoms with Gasteiger partial charge in [0.15, 0.2) is 0 Å². The van der Waals surface area contributed by atoms with E-state index in [1.165, 1.54) is 12.1 Å². The number of aliphatic carboxylic acids is 1. The van der Waals surface area contributed by atoms with Crippen LogP contribution in [0.25, 0.3) is 28.2 Å². The number of aliphatic hydroxyl groups excluding tert-OH is 2. The molecule has 1 heterocycles. The van der Waals surface area contributed by atoms with Gasteiger partial charge in [-0.2, -0.15) is 0 Å². The summed E-state index contributed by atoms with van der Waals surface area (Å²) in [5.74, 6) is -1.47. The summed E-state index contributed by atoms with van der Waals surface area (Å²) < 4.78 is 19.6. The molecule has 0 aliphatic rings. The maximum atomic E-state index is 13.8. The molecule has 0 fully saturated rings. The van der Waals surface area contributed by atoms with Gasteiger partial charge in [0.2, 0.25) is 0 Å². The minimum absolute atomic E-state index is 0. The summed E-state index contributed by atoms with van der Waals surface area (Å²) in [5.41, 5.74) is 4.68. The molecular formula is C25H26FNaO5. The zero-order valence-electron chi connectivity index (χ0n) is 18.8. The van der Waals surface area contributed by atoms with Gasteiger partial charge in [-0.15, -0.1) is 0 Å². The van der Waals surface area contributed by atoms with Crippen LogP contribution in [0.5, 0.6) is 0 Å². The van der Waals surface area contributed by atoms with Gasteiger partial charge in [-0.25, -0.2) is 4.39 Å². The molecule has 0 spiro atoms. The zero-order chi connectivity index (χ0) is 22.7. The number of carboxylic acids is 1. The normalized spacial score (nSPS) is 13.5. The largest absolute Gasteiger partial charge is 1.00 e. The monoisotopic (exact) mass is 448 g/mol. The van der Waals surface area contributed by atoms with Gasteiger partial charge in [-0.3, -0.25) is 0 Å². The predicted molar refractivity (Wildman–Crippen MR) is 116 cm³/mol. The van der Waals surface area contributed by atoms with Crippen molar-refractivity contribution in [1.82, 2.24) is 0 Å². The fourth-order valence-electron chi connectivity index (χ4n) is 3.68. The minimum atomic E-state index is -1.37. The van der Waals surface area contributed by atoms with E-state index in [2.05, 4.69) is 13.8 Å². The first-order valence-electron chi connectivity index (χ1n) is 10.2. The molecule has 164 valence electrons. The number of furan rings is 1. The van der Waals surface area contributed by atoms with Gasteiger partial charge < -0.3 is 24.5 Å². The second kappa shape index (κ2) is 11.3. The summed E-state index contributed by atoms with van der Waals surface area (Å²) in [5, 5.41) is 31.6. The van der Waals surface area contributed by atoms with Crippen LogP contribution >= 0.6 is 0 Å². The van der Waals surface area contributed by atoms with Crippen LogP contribution in [0.1, 0.15) is 49.3 Å². The number of carbonyl (C=O) groups excluding carboxylic acids is 1. The van der Waals surface area contributed by atoms with Gasteiger partial charge in [0, 0.05) is 29.8 Å². The van der Waals surface area contributed by atoms with Crippen LogP contribution < -0.4 is 34.7 Å². The molecule has 3 aromatic rings. The quantitative estimate of drug-likeness (QED) is 0.501. The first-order valence-corrected chi connectivity index (χ1v) is 10.2. The molecule has 3 rings (SSSR count). The molecule has 0 aliphatic heterocycles. The van der Waals surface area contributed by atoms with Gasteiger partial charge in [-0.1, -0.05) is 38.1 Å². The van der Waals surface area contributed by atoms with Gasteiger partial charge in [0.1, 0.15) is 11.4 Å². The van der Waals surface area contributed by atoms with Crippen molar-refractivity contribution in [2.45, 2.75) is 51.7 Å². The Balaban J connectivity index is 0.00000363. The van der Waals surface area contributed by atoms with Gasteiger partial charge in [-0.05, 0) is 53.3 Å². The molecule has 0 saturated carbocycles. The SMILES string of the molecule is Cc1cc(-c2ccc3occ(C(C)C)c3c2/C=C/[C@@H](O)C[C@@H](O)CC(=O)[O-])ccc1F.[Na+]. The van der Waals surface area contributed by atoms with Crippen LogP contribution in [-0.2, 0) is 4.79 Å². The molecule has 7 heteroatoms. The van der Waals surface area contributed by atoms with E-state index in [1.807, 2.05) is 12.1 Å². The van der Waals surface area contributed by atoms with Crippen molar-refractivity contribution in [3.8, 4) is 11.1 Å². The molecule has 0 saturated heterocycles. The second-order valence-electron chi connectivity index (χ2n) is 8.10. The van der Waals surface area contributed by atoms with Crippen molar-refractivity contribution < 1.29 is 58.5 Å². The van der Waals surface area contributed by atoms with Crippen LogP contribution in [0.2, 0.25) is 0 Å². The average Bonchev–Trinajstić information content (AvgIpc) is 3.12. The first-order chi connectivity index (χ1) is 14.7. The Morgan fingerprint density at radius 3 is 2.56 bits per heavy atom. The zero-order valence-corrected chi connectivity index (χ0v) is 20.8. The third-order valence-corrected chi connectivity index (χ3v) is 5.30. The summed E-state index contributed by atoms with van der Waals surface area (Å²) in [6, 6.07) is 8.65. The molecule has 32 heavy (non-hydrogen) atoms. The second-order valence-corrected chi connectivity index (χ2v) is 8.10. The van der Waals surface area contributed by atoms with Crippen molar-refractivity contribution in [3.63, 3.8) is 0 Å². The summed E-state index contributed by atoms with van der Waals surface area (Å²) in [7, 11) is 0. The maximum absolute atomic E-state index is 13.8. The Morgan fingerprint density at radius 2 is 1.94 bits per heavy atom. The summed E-state index contributed by atoms with van der Waals surface area (Å²) in [6.45, 7) is 5.81. The Hall–Kier alpha value is -1.96. The number of benzene rings is 2.